The summed E-state index contributed by atoms with van der Waals surface area (Å²) in [6.45, 7) is 3.65. The molecule has 0 bridgehead atoms. The van der Waals surface area contributed by atoms with Crippen molar-refractivity contribution in [3.63, 3.8) is 0 Å². The second kappa shape index (κ2) is 6.28. The van der Waals surface area contributed by atoms with Crippen LogP contribution < -0.4 is 4.74 Å². The van der Waals surface area contributed by atoms with Crippen LogP contribution in [0.4, 0.5) is 4.39 Å². The molecule has 1 N–H and O–H groups in total. The Morgan fingerprint density at radius 3 is 2.75 bits per heavy atom. The maximum atomic E-state index is 13.4. The van der Waals surface area contributed by atoms with Crippen molar-refractivity contribution in [1.82, 2.24) is 9.97 Å². The van der Waals surface area contributed by atoms with Gasteiger partial charge in [0.05, 0.1) is 17.3 Å². The molecule has 1 heterocycles. The predicted molar refractivity (Wildman–Crippen MR) is 76.2 cm³/mol. The van der Waals surface area contributed by atoms with Crippen molar-refractivity contribution < 1.29 is 14.2 Å². The van der Waals surface area contributed by atoms with E-state index in [2.05, 4.69) is 25.9 Å². The van der Waals surface area contributed by atoms with Crippen LogP contribution in [-0.4, -0.2) is 15.1 Å². The zero-order valence-electron chi connectivity index (χ0n) is 11.1. The lowest BCUT2D eigenvalue weighted by molar-refractivity contribution is 0.269. The first-order chi connectivity index (χ1) is 9.51. The summed E-state index contributed by atoms with van der Waals surface area (Å²) in [5, 5.41) is 9.35. The average Bonchev–Trinajstić information content (AvgIpc) is 2.43. The van der Waals surface area contributed by atoms with Gasteiger partial charge in [0.15, 0.2) is 5.75 Å². The van der Waals surface area contributed by atoms with Crippen LogP contribution in [0.2, 0.25) is 0 Å². The minimum Gasteiger partial charge on any atom is -0.454 e. The van der Waals surface area contributed by atoms with Crippen LogP contribution in [0.3, 0.4) is 0 Å². The Kier molecular flexibility index (Phi) is 4.67. The first-order valence-corrected chi connectivity index (χ1v) is 6.90. The lowest BCUT2D eigenvalue weighted by atomic mass is 10.2. The van der Waals surface area contributed by atoms with Crippen LogP contribution in [0.1, 0.15) is 31.3 Å². The van der Waals surface area contributed by atoms with Crippen LogP contribution in [0, 0.1) is 5.82 Å². The van der Waals surface area contributed by atoms with Crippen LogP contribution in [0.15, 0.2) is 28.9 Å². The highest BCUT2D eigenvalue weighted by Gasteiger charge is 2.11. The molecule has 0 aliphatic heterocycles. The number of benzene rings is 1. The minimum absolute atomic E-state index is 0.152. The monoisotopic (exact) mass is 340 g/mol. The molecule has 0 aliphatic rings. The molecule has 1 aromatic carbocycles. The van der Waals surface area contributed by atoms with Crippen LogP contribution in [0.25, 0.3) is 0 Å². The summed E-state index contributed by atoms with van der Waals surface area (Å²) in [5.74, 6) is 0.996. The number of hydrogen-bond acceptors (Lipinski definition) is 4. The molecular formula is C14H14BrFN2O2. The summed E-state index contributed by atoms with van der Waals surface area (Å²) >= 11 is 3.07. The van der Waals surface area contributed by atoms with E-state index in [4.69, 9.17) is 4.74 Å². The van der Waals surface area contributed by atoms with Crippen molar-refractivity contribution in [1.29, 1.82) is 0 Å². The van der Waals surface area contributed by atoms with Gasteiger partial charge in [-0.15, -0.1) is 0 Å². The van der Waals surface area contributed by atoms with Crippen molar-refractivity contribution in [3.8, 4) is 11.5 Å². The van der Waals surface area contributed by atoms with Gasteiger partial charge in [0.25, 0.3) is 0 Å². The van der Waals surface area contributed by atoms with E-state index in [0.29, 0.717) is 27.5 Å². The number of halogens is 2. The predicted octanol–water partition coefficient (Wildman–Crippen LogP) is 3.79. The van der Waals surface area contributed by atoms with Gasteiger partial charge in [0.2, 0.25) is 0 Å². The summed E-state index contributed by atoms with van der Waals surface area (Å²) in [4.78, 5) is 8.41. The van der Waals surface area contributed by atoms with Gasteiger partial charge >= 0.3 is 0 Å². The molecule has 0 radical (unpaired) electrons. The standard InChI is InChI=1S/C14H14BrFN2O2/c1-8(2)14-17-6-13(12(7-19)18-14)20-9-3-4-10(15)11(16)5-9/h3-6,8,19H,7H2,1-2H3. The quantitative estimate of drug-likeness (QED) is 0.919. The summed E-state index contributed by atoms with van der Waals surface area (Å²) < 4.78 is 19.3. The molecule has 0 aliphatic carbocycles. The number of rotatable bonds is 4. The Labute approximate surface area is 124 Å². The largest absolute Gasteiger partial charge is 0.454 e. The Bertz CT molecular complexity index is 620. The second-order valence-electron chi connectivity index (χ2n) is 4.53. The van der Waals surface area contributed by atoms with Crippen molar-refractivity contribution >= 4 is 15.9 Å². The van der Waals surface area contributed by atoms with Crippen LogP contribution in [0.5, 0.6) is 11.5 Å². The van der Waals surface area contributed by atoms with Crippen molar-refractivity contribution in [2.24, 2.45) is 0 Å². The number of ether oxygens (including phenoxy) is 1. The molecule has 0 fully saturated rings. The number of hydrogen-bond donors (Lipinski definition) is 1. The van der Waals surface area contributed by atoms with E-state index in [1.54, 1.807) is 12.1 Å². The molecule has 0 saturated heterocycles. The van der Waals surface area contributed by atoms with Crippen LogP contribution in [-0.2, 0) is 6.61 Å². The Hall–Kier alpha value is -1.53. The fraction of sp³-hybridized carbons (Fsp3) is 0.286. The molecule has 0 spiro atoms. The van der Waals surface area contributed by atoms with Gasteiger partial charge in [-0.3, -0.25) is 0 Å². The zero-order valence-corrected chi connectivity index (χ0v) is 12.7. The fourth-order valence-electron chi connectivity index (χ4n) is 1.57. The minimum atomic E-state index is -0.423. The lowest BCUT2D eigenvalue weighted by Crippen LogP contribution is -2.03. The second-order valence-corrected chi connectivity index (χ2v) is 5.38. The van der Waals surface area contributed by atoms with Crippen molar-refractivity contribution in [3.05, 3.63) is 46.2 Å². The van der Waals surface area contributed by atoms with Gasteiger partial charge in [-0.25, -0.2) is 14.4 Å². The SMILES string of the molecule is CC(C)c1ncc(Oc2ccc(Br)c(F)c2)c(CO)n1. The molecule has 6 heteroatoms. The molecule has 0 atom stereocenters. The molecule has 1 aromatic heterocycles. The van der Waals surface area contributed by atoms with E-state index in [9.17, 15) is 9.50 Å². The molecule has 0 amide bonds. The highest BCUT2D eigenvalue weighted by Crippen LogP contribution is 2.27. The maximum absolute atomic E-state index is 13.4. The molecule has 20 heavy (non-hydrogen) atoms. The molecule has 0 unspecified atom stereocenters. The van der Waals surface area contributed by atoms with E-state index >= 15 is 0 Å². The Balaban J connectivity index is 2.30. The van der Waals surface area contributed by atoms with Gasteiger partial charge in [-0.1, -0.05) is 13.8 Å². The summed E-state index contributed by atoms with van der Waals surface area (Å²) in [6, 6.07) is 4.42. The first kappa shape index (κ1) is 14.9. The molecule has 106 valence electrons. The Morgan fingerprint density at radius 1 is 1.40 bits per heavy atom. The highest BCUT2D eigenvalue weighted by molar-refractivity contribution is 9.10. The molecule has 0 saturated carbocycles. The number of nitrogens with zero attached hydrogens (tertiary/aromatic N) is 2. The molecular weight excluding hydrogens is 327 g/mol. The third-order valence-corrected chi connectivity index (χ3v) is 3.28. The van der Waals surface area contributed by atoms with E-state index in [-0.39, 0.29) is 12.5 Å². The zero-order chi connectivity index (χ0) is 14.7. The third kappa shape index (κ3) is 3.32. The average molecular weight is 341 g/mol. The maximum Gasteiger partial charge on any atom is 0.169 e. The molecule has 4 nitrogen and oxygen atoms in total. The number of aliphatic hydroxyl groups excluding tert-OH is 1. The first-order valence-electron chi connectivity index (χ1n) is 6.11. The van der Waals surface area contributed by atoms with E-state index in [1.165, 1.54) is 12.3 Å². The van der Waals surface area contributed by atoms with Gasteiger partial charge < -0.3 is 9.84 Å². The van der Waals surface area contributed by atoms with Gasteiger partial charge in [-0.05, 0) is 28.1 Å². The highest BCUT2D eigenvalue weighted by atomic mass is 79.9. The third-order valence-electron chi connectivity index (χ3n) is 2.63. The summed E-state index contributed by atoms with van der Waals surface area (Å²) in [6.07, 6.45) is 1.49. The van der Waals surface area contributed by atoms with Gasteiger partial charge in [-0.2, -0.15) is 0 Å². The fourth-order valence-corrected chi connectivity index (χ4v) is 1.81. The Morgan fingerprint density at radius 2 is 2.15 bits per heavy atom. The smallest absolute Gasteiger partial charge is 0.169 e. The lowest BCUT2D eigenvalue weighted by Gasteiger charge is -2.11. The van der Waals surface area contributed by atoms with Crippen molar-refractivity contribution in [2.75, 3.05) is 0 Å². The van der Waals surface area contributed by atoms with Crippen molar-refractivity contribution in [2.45, 2.75) is 26.4 Å². The summed E-state index contributed by atoms with van der Waals surface area (Å²) in [7, 11) is 0. The number of aliphatic hydroxyl groups is 1. The van der Waals surface area contributed by atoms with Gasteiger partial charge in [0.1, 0.15) is 23.1 Å². The molecule has 2 rings (SSSR count). The topological polar surface area (TPSA) is 55.2 Å². The number of aromatic nitrogens is 2. The van der Waals surface area contributed by atoms with E-state index in [1.807, 2.05) is 13.8 Å². The van der Waals surface area contributed by atoms with E-state index < -0.39 is 5.82 Å². The van der Waals surface area contributed by atoms with E-state index in [0.717, 1.165) is 0 Å². The normalized spacial score (nSPS) is 10.9. The van der Waals surface area contributed by atoms with Crippen LogP contribution >= 0.6 is 15.9 Å². The molecule has 2 aromatic rings. The summed E-state index contributed by atoms with van der Waals surface area (Å²) in [5.41, 5.74) is 0.382. The van der Waals surface area contributed by atoms with Gasteiger partial charge in [0, 0.05) is 12.0 Å².